The van der Waals surface area contributed by atoms with Crippen molar-refractivity contribution in [3.05, 3.63) is 48.8 Å². The van der Waals surface area contributed by atoms with Gasteiger partial charge in [0.15, 0.2) is 5.82 Å². The Bertz CT molecular complexity index is 1630. The number of aromatic nitrogens is 6. The van der Waals surface area contributed by atoms with E-state index >= 15 is 0 Å². The van der Waals surface area contributed by atoms with Crippen LogP contribution < -0.4 is 20.7 Å². The van der Waals surface area contributed by atoms with Gasteiger partial charge in [-0.25, -0.2) is 28.4 Å². The number of hydrogen-bond acceptors (Lipinski definition) is 10. The predicted octanol–water partition coefficient (Wildman–Crippen LogP) is 4.37. The van der Waals surface area contributed by atoms with Crippen molar-refractivity contribution in [2.45, 2.75) is 37.7 Å². The molecule has 2 aliphatic heterocycles. The van der Waals surface area contributed by atoms with Crippen molar-refractivity contribution < 1.29 is 13.5 Å². The summed E-state index contributed by atoms with van der Waals surface area (Å²) in [5.74, 6) is 0.224. The molecule has 0 bridgehead atoms. The van der Waals surface area contributed by atoms with Crippen LogP contribution >= 0.6 is 0 Å². The van der Waals surface area contributed by atoms with Gasteiger partial charge < -0.3 is 25.6 Å². The minimum absolute atomic E-state index is 0.0232. The highest BCUT2D eigenvalue weighted by Crippen LogP contribution is 2.57. The van der Waals surface area contributed by atoms with E-state index in [-0.39, 0.29) is 30.3 Å². The van der Waals surface area contributed by atoms with E-state index < -0.39 is 5.92 Å². The first-order chi connectivity index (χ1) is 20.6. The number of alkyl halides is 2. The smallest absolute Gasteiger partial charge is 0.249 e. The Morgan fingerprint density at radius 3 is 2.56 bits per heavy atom. The second-order valence-electron chi connectivity index (χ2n) is 12.1. The maximum Gasteiger partial charge on any atom is 0.249 e. The van der Waals surface area contributed by atoms with Crippen LogP contribution in [0, 0.1) is 5.41 Å². The third kappa shape index (κ3) is 5.56. The van der Waals surface area contributed by atoms with E-state index in [0.29, 0.717) is 36.3 Å². The molecule has 43 heavy (non-hydrogen) atoms. The second kappa shape index (κ2) is 10.4. The van der Waals surface area contributed by atoms with Crippen LogP contribution in [0.3, 0.4) is 0 Å². The zero-order valence-corrected chi connectivity index (χ0v) is 24.2. The third-order valence-corrected chi connectivity index (χ3v) is 8.49. The molecule has 3 aliphatic rings. The highest BCUT2D eigenvalue weighted by molar-refractivity contribution is 5.72. The first kappa shape index (κ1) is 27.4. The molecular weight excluding hydrogens is 554 g/mol. The van der Waals surface area contributed by atoms with Gasteiger partial charge in [-0.2, -0.15) is 4.98 Å². The summed E-state index contributed by atoms with van der Waals surface area (Å²) in [4.78, 5) is 22.0. The fourth-order valence-corrected chi connectivity index (χ4v) is 6.45. The van der Waals surface area contributed by atoms with Gasteiger partial charge in [-0.3, -0.25) is 0 Å². The number of anilines is 4. The first-order valence-electron chi connectivity index (χ1n) is 14.5. The third-order valence-electron chi connectivity index (χ3n) is 8.49. The molecule has 0 amide bonds. The zero-order chi connectivity index (χ0) is 29.8. The van der Waals surface area contributed by atoms with Gasteiger partial charge in [0.1, 0.15) is 17.7 Å². The number of hydrogen-bond donors (Lipinski definition) is 2. The number of nitrogen functional groups attached to an aromatic ring is 1. The molecule has 4 aromatic rings. The summed E-state index contributed by atoms with van der Waals surface area (Å²) >= 11 is 0. The van der Waals surface area contributed by atoms with Crippen molar-refractivity contribution in [3.8, 4) is 28.4 Å². The Morgan fingerprint density at radius 2 is 1.84 bits per heavy atom. The molecule has 2 saturated heterocycles. The van der Waals surface area contributed by atoms with Gasteiger partial charge in [-0.05, 0) is 56.8 Å². The molecule has 224 valence electrons. The molecule has 1 saturated carbocycles. The molecule has 1 spiro atoms. The van der Waals surface area contributed by atoms with Gasteiger partial charge in [0.25, 0.3) is 0 Å². The molecule has 3 aromatic heterocycles. The number of benzene rings is 1. The summed E-state index contributed by atoms with van der Waals surface area (Å²) in [5.41, 5.74) is 8.68. The zero-order valence-electron chi connectivity index (χ0n) is 24.2. The lowest BCUT2D eigenvalue weighted by Gasteiger charge is -2.59. The number of piperidine rings is 1. The van der Waals surface area contributed by atoms with E-state index in [0.717, 1.165) is 48.6 Å². The second-order valence-corrected chi connectivity index (χ2v) is 12.1. The maximum atomic E-state index is 13.4. The van der Waals surface area contributed by atoms with E-state index in [1.54, 1.807) is 17.1 Å². The van der Waals surface area contributed by atoms with E-state index in [1.807, 2.05) is 48.3 Å². The normalized spacial score (nSPS) is 20.8. The molecule has 11 nitrogen and oxygen atoms in total. The molecule has 7 rings (SSSR count). The van der Waals surface area contributed by atoms with Gasteiger partial charge in [0, 0.05) is 68.5 Å². The minimum atomic E-state index is -2.51. The summed E-state index contributed by atoms with van der Waals surface area (Å²) in [6, 6.07) is 11.5. The van der Waals surface area contributed by atoms with Gasteiger partial charge >= 0.3 is 0 Å². The number of pyridine rings is 1. The average Bonchev–Trinajstić information content (AvgIpc) is 3.31. The van der Waals surface area contributed by atoms with Crippen LogP contribution in [0.5, 0.6) is 5.75 Å². The lowest BCUT2D eigenvalue weighted by Crippen LogP contribution is -2.66. The van der Waals surface area contributed by atoms with Gasteiger partial charge in [-0.1, -0.05) is 6.07 Å². The van der Waals surface area contributed by atoms with Gasteiger partial charge in [0.05, 0.1) is 11.4 Å². The number of nitrogens with two attached hydrogens (primary N) is 1. The minimum Gasteiger partial charge on any atom is -0.487 e. The van der Waals surface area contributed by atoms with Crippen molar-refractivity contribution in [2.24, 2.45) is 12.5 Å². The Kier molecular flexibility index (Phi) is 6.64. The average molecular weight is 589 g/mol. The van der Waals surface area contributed by atoms with Crippen LogP contribution in [0.1, 0.15) is 25.7 Å². The summed E-state index contributed by atoms with van der Waals surface area (Å²) in [5, 5.41) is 8.01. The van der Waals surface area contributed by atoms with Crippen molar-refractivity contribution in [1.82, 2.24) is 34.6 Å². The van der Waals surface area contributed by atoms with E-state index in [2.05, 4.69) is 37.3 Å². The standard InChI is InChI=1S/C30H34F2N10O/c1-40-11-3-4-21(14-40)43-24-12-19(22-9-10-34-27(33)36-22)5-7-23(24)37-28-38-26(39-41(28)2)20-6-8-25(35-13-20)42-17-29(18-42)15-30(31,32)16-29/h5-10,12-13,21H,3-4,11,14-18H2,1-2H3,(H2,33,34,36)(H,37,38,39). The quantitative estimate of drug-likeness (QED) is 0.322. The number of ether oxygens (including phenoxy) is 1. The number of rotatable bonds is 7. The lowest BCUT2D eigenvalue weighted by atomic mass is 9.61. The molecule has 1 unspecified atom stereocenters. The maximum absolute atomic E-state index is 13.4. The van der Waals surface area contributed by atoms with Crippen LogP contribution in [0.25, 0.3) is 22.6 Å². The molecule has 5 heterocycles. The Hall–Kier alpha value is -4.39. The number of likely N-dealkylation sites (N-methyl/N-ethyl adjacent to an activating group) is 1. The molecule has 0 radical (unpaired) electrons. The van der Waals surface area contributed by atoms with Crippen LogP contribution in [-0.2, 0) is 7.05 Å². The monoisotopic (exact) mass is 588 g/mol. The Balaban J connectivity index is 1.10. The summed E-state index contributed by atoms with van der Waals surface area (Å²) in [7, 11) is 3.93. The number of likely N-dealkylation sites (tertiary alicyclic amines) is 1. The summed E-state index contributed by atoms with van der Waals surface area (Å²) in [6.45, 7) is 3.14. The van der Waals surface area contributed by atoms with Crippen LogP contribution in [-0.4, -0.2) is 79.9 Å². The molecule has 3 N–H and O–H groups in total. The number of nitrogens with zero attached hydrogens (tertiary/aromatic N) is 8. The highest BCUT2D eigenvalue weighted by Gasteiger charge is 2.61. The van der Waals surface area contributed by atoms with Crippen molar-refractivity contribution >= 4 is 23.4 Å². The van der Waals surface area contributed by atoms with Crippen molar-refractivity contribution in [1.29, 1.82) is 0 Å². The number of halogens is 2. The first-order valence-corrected chi connectivity index (χ1v) is 14.5. The summed E-state index contributed by atoms with van der Waals surface area (Å²) < 4.78 is 35.0. The van der Waals surface area contributed by atoms with Gasteiger partial charge in [-0.15, -0.1) is 5.10 Å². The topological polar surface area (TPSA) is 123 Å². The summed E-state index contributed by atoms with van der Waals surface area (Å²) in [6.07, 6.45) is 5.40. The molecule has 1 aromatic carbocycles. The largest absolute Gasteiger partial charge is 0.487 e. The van der Waals surface area contributed by atoms with Crippen molar-refractivity contribution in [3.63, 3.8) is 0 Å². The fourth-order valence-electron chi connectivity index (χ4n) is 6.45. The number of nitrogens with one attached hydrogen (secondary N) is 1. The van der Waals surface area contributed by atoms with Gasteiger partial charge in [0.2, 0.25) is 17.8 Å². The van der Waals surface area contributed by atoms with Crippen LogP contribution in [0.15, 0.2) is 48.8 Å². The predicted molar refractivity (Wildman–Crippen MR) is 159 cm³/mol. The van der Waals surface area contributed by atoms with Crippen LogP contribution in [0.2, 0.25) is 0 Å². The number of aryl methyl sites for hydroxylation is 1. The Labute approximate surface area is 248 Å². The van der Waals surface area contributed by atoms with Crippen molar-refractivity contribution in [2.75, 3.05) is 49.2 Å². The lowest BCUT2D eigenvalue weighted by molar-refractivity contribution is -0.170. The van der Waals surface area contributed by atoms with E-state index in [1.165, 1.54) is 0 Å². The van der Waals surface area contributed by atoms with E-state index in [4.69, 9.17) is 15.5 Å². The molecule has 3 fully saturated rings. The highest BCUT2D eigenvalue weighted by atomic mass is 19.3. The Morgan fingerprint density at radius 1 is 1.02 bits per heavy atom. The molecule has 1 atom stereocenters. The molecule has 1 aliphatic carbocycles. The molecule has 13 heteroatoms. The SMILES string of the molecule is CN1CCCC(Oc2cc(-c3ccnc(N)n3)ccc2Nc2nc(-c3ccc(N4CC5(C4)CC(F)(F)C5)nc3)nn2C)C1. The molecular formula is C30H34F2N10O. The van der Waals surface area contributed by atoms with E-state index in [9.17, 15) is 8.78 Å². The van der Waals surface area contributed by atoms with Crippen LogP contribution in [0.4, 0.5) is 32.2 Å². The fraction of sp³-hybridized carbons (Fsp3) is 0.433.